The zero-order valence-electron chi connectivity index (χ0n) is 6.31. The molecule has 0 heterocycles. The van der Waals surface area contributed by atoms with Crippen LogP contribution in [0.1, 0.15) is 13.8 Å². The molecule has 4 heteroatoms. The van der Waals surface area contributed by atoms with Crippen LogP contribution >= 0.6 is 0 Å². The molecule has 0 aromatic heterocycles. The lowest BCUT2D eigenvalue weighted by molar-refractivity contribution is 0.160. The van der Waals surface area contributed by atoms with Gasteiger partial charge in [0.25, 0.3) is 0 Å². The first-order valence-corrected chi connectivity index (χ1v) is 3.14. The minimum atomic E-state index is 1.10. The number of hydrogen-bond acceptors (Lipinski definition) is 2. The minimum Gasteiger partial charge on any atom is -0.333 e. The Kier molecular flexibility index (Phi) is 4.01. The van der Waals surface area contributed by atoms with Crippen LogP contribution in [0.25, 0.3) is 0 Å². The van der Waals surface area contributed by atoms with Crippen LogP contribution in [0.2, 0.25) is 0 Å². The molecule has 0 aromatic carbocycles. The van der Waals surface area contributed by atoms with Crippen molar-refractivity contribution in [3.8, 4) is 0 Å². The summed E-state index contributed by atoms with van der Waals surface area (Å²) >= 11 is 0. The molecule has 0 bridgehead atoms. The highest BCUT2D eigenvalue weighted by Gasteiger charge is 1.97. The zero-order chi connectivity index (χ0) is 6.57. The van der Waals surface area contributed by atoms with E-state index in [1.165, 1.54) is 0 Å². The zero-order valence-corrected chi connectivity index (χ0v) is 6.31. The van der Waals surface area contributed by atoms with Crippen molar-refractivity contribution in [2.75, 3.05) is 13.1 Å². The quantitative estimate of drug-likeness (QED) is 0.328. The van der Waals surface area contributed by atoms with Crippen LogP contribution in [0.3, 0.4) is 0 Å². The molecule has 0 saturated carbocycles. The Hall–Kier alpha value is 0.0499. The molecule has 0 spiro atoms. The van der Waals surface area contributed by atoms with Gasteiger partial charge in [0, 0.05) is 13.1 Å². The van der Waals surface area contributed by atoms with Crippen LogP contribution in [0.5, 0.6) is 0 Å². The van der Waals surface area contributed by atoms with E-state index in [2.05, 4.69) is 39.6 Å². The van der Waals surface area contributed by atoms with Gasteiger partial charge in [-0.3, -0.25) is 5.01 Å². The van der Waals surface area contributed by atoms with E-state index in [-0.39, 0.29) is 0 Å². The number of hydrogen-bond donors (Lipinski definition) is 0. The Labute approximate surface area is 53.7 Å². The summed E-state index contributed by atoms with van der Waals surface area (Å²) in [5.74, 6) is 0. The molecule has 0 aliphatic carbocycles. The fourth-order valence-corrected chi connectivity index (χ4v) is 0.789. The third kappa shape index (κ3) is 2.38. The summed E-state index contributed by atoms with van der Waals surface area (Å²) in [5.41, 5.74) is 0. The Morgan fingerprint density at radius 2 is 1.50 bits per heavy atom. The molecule has 2 nitrogen and oxygen atoms in total. The van der Waals surface area contributed by atoms with Crippen molar-refractivity contribution in [3.05, 3.63) is 0 Å². The molecule has 0 unspecified atom stereocenters. The highest BCUT2D eigenvalue weighted by molar-refractivity contribution is 6.24. The Balaban J connectivity index is 3.35. The predicted octanol–water partition coefficient (Wildman–Crippen LogP) is -1.36. The molecule has 46 valence electrons. The normalized spacial score (nSPS) is 11.0. The predicted molar refractivity (Wildman–Crippen MR) is 41.8 cm³/mol. The first-order valence-electron chi connectivity index (χ1n) is 3.14. The Bertz CT molecular complexity index is 54.0. The van der Waals surface area contributed by atoms with Crippen LogP contribution < -0.4 is 0 Å². The maximum absolute atomic E-state index is 2.25. The molecule has 0 aliphatic rings. The van der Waals surface area contributed by atoms with Crippen LogP contribution in [0.15, 0.2) is 0 Å². The van der Waals surface area contributed by atoms with Crippen molar-refractivity contribution in [3.63, 3.8) is 0 Å². The van der Waals surface area contributed by atoms with E-state index in [0.717, 1.165) is 13.1 Å². The molecule has 0 fully saturated rings. The average Bonchev–Trinajstić information content (AvgIpc) is 1.69. The number of rotatable bonds is 3. The van der Waals surface area contributed by atoms with Gasteiger partial charge in [0.2, 0.25) is 0 Å². The van der Waals surface area contributed by atoms with E-state index in [0.29, 0.717) is 0 Å². The first-order chi connectivity index (χ1) is 3.72. The second kappa shape index (κ2) is 3.98. The Morgan fingerprint density at radius 3 is 1.50 bits per heavy atom. The third-order valence-corrected chi connectivity index (χ3v) is 1.30. The molecule has 0 radical (unpaired) electrons. The third-order valence-electron chi connectivity index (χ3n) is 1.30. The maximum Gasteiger partial charge on any atom is 0.188 e. The van der Waals surface area contributed by atoms with E-state index in [1.54, 1.807) is 0 Å². The molecule has 0 saturated heterocycles. The standard InChI is InChI=1S/C4H14B2N2/c1-3-7(4-2)8(5)6/h3-6H2,1-2H3. The van der Waals surface area contributed by atoms with Gasteiger partial charge in [-0.1, -0.05) is 13.8 Å². The van der Waals surface area contributed by atoms with E-state index in [9.17, 15) is 0 Å². The summed E-state index contributed by atoms with van der Waals surface area (Å²) in [7, 11) is 4.12. The van der Waals surface area contributed by atoms with Gasteiger partial charge in [0.05, 0.1) is 0 Å². The van der Waals surface area contributed by atoms with Gasteiger partial charge < -0.3 is 4.83 Å². The highest BCUT2D eigenvalue weighted by Crippen LogP contribution is 1.85. The van der Waals surface area contributed by atoms with Gasteiger partial charge in [0.1, 0.15) is 0 Å². The molecule has 0 rings (SSSR count). The molecule has 0 N–H and O–H groups in total. The summed E-state index contributed by atoms with van der Waals surface area (Å²) in [6.07, 6.45) is 0. The topological polar surface area (TPSA) is 6.48 Å². The molecule has 8 heavy (non-hydrogen) atoms. The molecule has 0 aliphatic heterocycles. The Morgan fingerprint density at radius 1 is 1.12 bits per heavy atom. The molecular formula is C4H14B2N2. The van der Waals surface area contributed by atoms with Crippen LogP contribution in [0, 0.1) is 0 Å². The summed E-state index contributed by atoms with van der Waals surface area (Å²) in [4.78, 5) is 2.11. The molecule has 0 aromatic rings. The lowest BCUT2D eigenvalue weighted by atomic mass is 10.2. The summed E-state index contributed by atoms with van der Waals surface area (Å²) in [6, 6.07) is 0. The monoisotopic (exact) mass is 112 g/mol. The fraction of sp³-hybridized carbons (Fsp3) is 1.00. The highest BCUT2D eigenvalue weighted by atomic mass is 15.5. The average molecular weight is 112 g/mol. The molecule has 0 amide bonds. The van der Waals surface area contributed by atoms with Crippen molar-refractivity contribution in [1.82, 2.24) is 9.84 Å². The van der Waals surface area contributed by atoms with E-state index < -0.39 is 0 Å². The maximum atomic E-state index is 2.25. The summed E-state index contributed by atoms with van der Waals surface area (Å²) in [6.45, 7) is 6.51. The van der Waals surface area contributed by atoms with E-state index in [1.807, 2.05) is 0 Å². The van der Waals surface area contributed by atoms with E-state index >= 15 is 0 Å². The fourth-order valence-electron chi connectivity index (χ4n) is 0.789. The van der Waals surface area contributed by atoms with Gasteiger partial charge in [-0.05, 0) is 0 Å². The largest absolute Gasteiger partial charge is 0.333 e. The van der Waals surface area contributed by atoms with Crippen molar-refractivity contribution in [2.24, 2.45) is 0 Å². The molecule has 0 atom stereocenters. The van der Waals surface area contributed by atoms with Crippen molar-refractivity contribution in [1.29, 1.82) is 0 Å². The summed E-state index contributed by atoms with van der Waals surface area (Å²) in [5, 5.41) is 2.25. The van der Waals surface area contributed by atoms with Gasteiger partial charge >= 0.3 is 0 Å². The van der Waals surface area contributed by atoms with Crippen LogP contribution in [-0.2, 0) is 0 Å². The first kappa shape index (κ1) is 8.05. The smallest absolute Gasteiger partial charge is 0.188 e. The number of hydrazine groups is 1. The lowest BCUT2D eigenvalue weighted by Crippen LogP contribution is -2.38. The summed E-state index contributed by atoms with van der Waals surface area (Å²) < 4.78 is 0. The van der Waals surface area contributed by atoms with Gasteiger partial charge in [-0.15, -0.1) is 0 Å². The van der Waals surface area contributed by atoms with Crippen molar-refractivity contribution >= 4 is 16.0 Å². The SMILES string of the molecule is BN(B)N(CC)CC. The van der Waals surface area contributed by atoms with Gasteiger partial charge in [-0.25, -0.2) is 0 Å². The second-order valence-electron chi connectivity index (χ2n) is 1.99. The molecular weight excluding hydrogens is 97.7 g/mol. The van der Waals surface area contributed by atoms with Crippen molar-refractivity contribution in [2.45, 2.75) is 13.8 Å². The van der Waals surface area contributed by atoms with Gasteiger partial charge in [-0.2, -0.15) is 0 Å². The van der Waals surface area contributed by atoms with Crippen molar-refractivity contribution < 1.29 is 0 Å². The van der Waals surface area contributed by atoms with Crippen LogP contribution in [0.4, 0.5) is 0 Å². The minimum absolute atomic E-state index is 1.10. The van der Waals surface area contributed by atoms with Crippen LogP contribution in [-0.4, -0.2) is 38.9 Å². The van der Waals surface area contributed by atoms with Gasteiger partial charge in [0.15, 0.2) is 16.0 Å². The second-order valence-corrected chi connectivity index (χ2v) is 1.99. The number of nitrogens with zero attached hydrogens (tertiary/aromatic N) is 2. The van der Waals surface area contributed by atoms with E-state index in [4.69, 9.17) is 0 Å². The lowest BCUT2D eigenvalue weighted by Gasteiger charge is -2.26.